The van der Waals surface area contributed by atoms with Gasteiger partial charge in [-0.05, 0) is 31.2 Å². The van der Waals surface area contributed by atoms with E-state index in [9.17, 15) is 13.6 Å². The number of carbonyl (C=O) groups excluding carboxylic acids is 1. The van der Waals surface area contributed by atoms with Crippen LogP contribution < -0.4 is 10.1 Å². The van der Waals surface area contributed by atoms with Crippen LogP contribution in [0.3, 0.4) is 0 Å². The number of allylic oxidation sites excluding steroid dienone is 1. The Hall–Kier alpha value is -2.44. The number of halogens is 2. The quantitative estimate of drug-likeness (QED) is 0.349. The second-order valence-corrected chi connectivity index (χ2v) is 3.72. The van der Waals surface area contributed by atoms with Crippen molar-refractivity contribution < 1.29 is 23.0 Å². The lowest BCUT2D eigenvalue weighted by atomic mass is 10.2. The van der Waals surface area contributed by atoms with E-state index in [1.54, 1.807) is 0 Å². The van der Waals surface area contributed by atoms with E-state index < -0.39 is 6.61 Å². The molecule has 0 atom stereocenters. The maximum atomic E-state index is 12.0. The second-order valence-electron chi connectivity index (χ2n) is 3.72. The molecule has 108 valence electrons. The van der Waals surface area contributed by atoms with Crippen LogP contribution in [0.4, 0.5) is 14.5 Å². The van der Waals surface area contributed by atoms with Crippen molar-refractivity contribution in [2.24, 2.45) is 0 Å². The van der Waals surface area contributed by atoms with Gasteiger partial charge in [0.25, 0.3) is 0 Å². The highest BCUT2D eigenvalue weighted by Gasteiger charge is 2.10. The lowest BCUT2D eigenvalue weighted by Gasteiger charge is -2.12. The first kappa shape index (κ1) is 15.6. The molecule has 2 N–H and O–H groups in total. The first-order valence-corrected chi connectivity index (χ1v) is 5.58. The van der Waals surface area contributed by atoms with Crippen molar-refractivity contribution in [3.05, 3.63) is 35.7 Å². The van der Waals surface area contributed by atoms with E-state index in [2.05, 4.69) is 10.1 Å². The third-order valence-electron chi connectivity index (χ3n) is 2.31. The molecule has 20 heavy (non-hydrogen) atoms. The van der Waals surface area contributed by atoms with Crippen molar-refractivity contribution in [3.63, 3.8) is 0 Å². The molecule has 1 rings (SSSR count). The van der Waals surface area contributed by atoms with Crippen molar-refractivity contribution in [1.82, 2.24) is 0 Å². The van der Waals surface area contributed by atoms with Gasteiger partial charge in [0.05, 0.1) is 12.7 Å². The third kappa shape index (κ3) is 4.34. The SMILES string of the molecule is CO/C(Nc1ccc(OC(F)F)cc1)=C(\C=O)C(C)=N. The molecule has 5 nitrogen and oxygen atoms in total. The molecule has 0 aliphatic heterocycles. The number of nitrogens with one attached hydrogen (secondary N) is 2. The lowest BCUT2D eigenvalue weighted by molar-refractivity contribution is -0.104. The summed E-state index contributed by atoms with van der Waals surface area (Å²) >= 11 is 0. The van der Waals surface area contributed by atoms with Crippen LogP contribution in [0.2, 0.25) is 0 Å². The summed E-state index contributed by atoms with van der Waals surface area (Å²) in [7, 11) is 1.35. The molecule has 0 saturated carbocycles. The number of hydrogen-bond donors (Lipinski definition) is 2. The first-order valence-electron chi connectivity index (χ1n) is 5.58. The Morgan fingerprint density at radius 3 is 2.35 bits per heavy atom. The summed E-state index contributed by atoms with van der Waals surface area (Å²) in [5, 5.41) is 10.2. The van der Waals surface area contributed by atoms with Crippen molar-refractivity contribution in [2.75, 3.05) is 12.4 Å². The standard InChI is InChI=1S/C13H14F2N2O3/c1-8(16)11(7-18)12(19-2)17-9-3-5-10(6-4-9)20-13(14)15/h3-7,13,16-17H,1-2H3/b12-11+,16-8?. The highest BCUT2D eigenvalue weighted by Crippen LogP contribution is 2.19. The molecule has 1 aromatic carbocycles. The number of carbonyl (C=O) groups is 1. The first-order chi connectivity index (χ1) is 9.47. The van der Waals surface area contributed by atoms with Crippen LogP contribution in [0.15, 0.2) is 35.7 Å². The normalized spacial score (nSPS) is 11.7. The molecule has 0 radical (unpaired) electrons. The Balaban J connectivity index is 2.91. The van der Waals surface area contributed by atoms with Gasteiger partial charge in [-0.15, -0.1) is 0 Å². The fourth-order valence-electron chi connectivity index (χ4n) is 1.39. The number of benzene rings is 1. The van der Waals surface area contributed by atoms with Gasteiger partial charge in [-0.2, -0.15) is 8.78 Å². The topological polar surface area (TPSA) is 71.4 Å². The molecule has 0 aromatic heterocycles. The fourth-order valence-corrected chi connectivity index (χ4v) is 1.39. The Bertz CT molecular complexity index is 513. The predicted molar refractivity (Wildman–Crippen MR) is 70.2 cm³/mol. The molecular weight excluding hydrogens is 270 g/mol. The molecule has 0 fully saturated rings. The van der Waals surface area contributed by atoms with E-state index >= 15 is 0 Å². The van der Waals surface area contributed by atoms with Gasteiger partial charge in [0, 0.05) is 11.4 Å². The van der Waals surface area contributed by atoms with Gasteiger partial charge in [0.2, 0.25) is 5.88 Å². The van der Waals surface area contributed by atoms with Crippen LogP contribution in [0.5, 0.6) is 5.75 Å². The molecule has 0 heterocycles. The number of anilines is 1. The van der Waals surface area contributed by atoms with E-state index in [0.29, 0.717) is 12.0 Å². The minimum atomic E-state index is -2.88. The zero-order valence-electron chi connectivity index (χ0n) is 10.9. The van der Waals surface area contributed by atoms with Crippen molar-refractivity contribution in [3.8, 4) is 5.75 Å². The van der Waals surface area contributed by atoms with E-state index in [1.807, 2.05) is 0 Å². The molecule has 0 bridgehead atoms. The fraction of sp³-hybridized carbons (Fsp3) is 0.231. The predicted octanol–water partition coefficient (Wildman–Crippen LogP) is 2.80. The maximum Gasteiger partial charge on any atom is 0.387 e. The van der Waals surface area contributed by atoms with E-state index in [1.165, 1.54) is 38.3 Å². The molecule has 7 heteroatoms. The van der Waals surface area contributed by atoms with Crippen LogP contribution in [0.25, 0.3) is 0 Å². The summed E-state index contributed by atoms with van der Waals surface area (Å²) < 4.78 is 33.2. The van der Waals surface area contributed by atoms with Crippen LogP contribution in [0, 0.1) is 5.41 Å². The van der Waals surface area contributed by atoms with Crippen molar-refractivity contribution in [1.29, 1.82) is 5.41 Å². The van der Waals surface area contributed by atoms with Gasteiger partial charge >= 0.3 is 6.61 Å². The average Bonchev–Trinajstić information content (AvgIpc) is 2.39. The summed E-state index contributed by atoms with van der Waals surface area (Å²) in [5.41, 5.74) is 0.617. The number of alkyl halides is 2. The van der Waals surface area contributed by atoms with E-state index in [0.717, 1.165) is 0 Å². The molecule has 0 saturated heterocycles. The van der Waals surface area contributed by atoms with Crippen LogP contribution in [0.1, 0.15) is 6.92 Å². The highest BCUT2D eigenvalue weighted by molar-refractivity contribution is 6.12. The summed E-state index contributed by atoms with van der Waals surface area (Å²) in [6.45, 7) is -1.44. The third-order valence-corrected chi connectivity index (χ3v) is 2.31. The van der Waals surface area contributed by atoms with Crippen LogP contribution in [-0.2, 0) is 9.53 Å². The number of aldehydes is 1. The van der Waals surface area contributed by atoms with Gasteiger partial charge in [-0.25, -0.2) is 0 Å². The van der Waals surface area contributed by atoms with Crippen LogP contribution >= 0.6 is 0 Å². The minimum absolute atomic E-state index is 0.0207. The Kier molecular flexibility index (Phi) is 5.64. The molecule has 0 aliphatic rings. The number of methoxy groups -OCH3 is 1. The lowest BCUT2D eigenvalue weighted by Crippen LogP contribution is -2.11. The van der Waals surface area contributed by atoms with Crippen LogP contribution in [-0.4, -0.2) is 25.7 Å². The van der Waals surface area contributed by atoms with Gasteiger partial charge < -0.3 is 20.2 Å². The molecule has 0 amide bonds. The van der Waals surface area contributed by atoms with Gasteiger partial charge in [-0.1, -0.05) is 0 Å². The molecule has 0 spiro atoms. The Morgan fingerprint density at radius 1 is 1.35 bits per heavy atom. The molecular formula is C13H14F2N2O3. The maximum absolute atomic E-state index is 12.0. The molecule has 1 aromatic rings. The van der Waals surface area contributed by atoms with Gasteiger partial charge in [0.1, 0.15) is 5.75 Å². The zero-order valence-corrected chi connectivity index (χ0v) is 10.9. The Labute approximate surface area is 114 Å². The number of ether oxygens (including phenoxy) is 2. The second kappa shape index (κ2) is 7.22. The molecule has 0 unspecified atom stereocenters. The van der Waals surface area contributed by atoms with Crippen molar-refractivity contribution in [2.45, 2.75) is 13.5 Å². The number of rotatable bonds is 7. The summed E-state index contributed by atoms with van der Waals surface area (Å²) in [5.74, 6) is 0.127. The van der Waals surface area contributed by atoms with E-state index in [4.69, 9.17) is 10.1 Å². The van der Waals surface area contributed by atoms with Crippen molar-refractivity contribution >= 4 is 17.7 Å². The smallest absolute Gasteiger partial charge is 0.387 e. The largest absolute Gasteiger partial charge is 0.482 e. The van der Waals surface area contributed by atoms with Gasteiger partial charge in [-0.3, -0.25) is 4.79 Å². The zero-order chi connectivity index (χ0) is 15.1. The highest BCUT2D eigenvalue weighted by atomic mass is 19.3. The summed E-state index contributed by atoms with van der Waals surface area (Å²) in [6.07, 6.45) is 0.502. The average molecular weight is 284 g/mol. The monoisotopic (exact) mass is 284 g/mol. The van der Waals surface area contributed by atoms with E-state index in [-0.39, 0.29) is 22.9 Å². The Morgan fingerprint density at radius 2 is 1.95 bits per heavy atom. The summed E-state index contributed by atoms with van der Waals surface area (Å²) in [6, 6.07) is 5.66. The number of hydrogen-bond acceptors (Lipinski definition) is 5. The van der Waals surface area contributed by atoms with Gasteiger partial charge in [0.15, 0.2) is 6.29 Å². The minimum Gasteiger partial charge on any atom is -0.482 e. The molecule has 0 aliphatic carbocycles. The summed E-state index contributed by atoms with van der Waals surface area (Å²) in [4.78, 5) is 10.9.